The van der Waals surface area contributed by atoms with E-state index < -0.39 is 0 Å². The standard InChI is InChI=1S/C17H26N2O4/c1-4-16(20)18-10-11-19-17(21)9-7-13-6-8-14(23-5-2)15(12-13)22-3/h6,8,12H,4-5,7,9-11H2,1-3H3,(H,18,20)(H,19,21). The lowest BCUT2D eigenvalue weighted by Crippen LogP contribution is -2.34. The third-order valence-electron chi connectivity index (χ3n) is 3.26. The van der Waals surface area contributed by atoms with Gasteiger partial charge in [-0.25, -0.2) is 0 Å². The highest BCUT2D eigenvalue weighted by atomic mass is 16.5. The van der Waals surface area contributed by atoms with Crippen molar-refractivity contribution in [1.29, 1.82) is 0 Å². The summed E-state index contributed by atoms with van der Waals surface area (Å²) in [5, 5.41) is 5.49. The highest BCUT2D eigenvalue weighted by Gasteiger charge is 2.07. The van der Waals surface area contributed by atoms with E-state index in [9.17, 15) is 9.59 Å². The Bertz CT molecular complexity index is 517. The minimum atomic E-state index is -0.0383. The number of carbonyl (C=O) groups excluding carboxylic acids is 2. The molecule has 0 aliphatic carbocycles. The number of amides is 2. The minimum absolute atomic E-state index is 0.0132. The van der Waals surface area contributed by atoms with Gasteiger partial charge in [-0.05, 0) is 31.0 Å². The lowest BCUT2D eigenvalue weighted by atomic mass is 10.1. The first kappa shape index (κ1) is 18.8. The van der Waals surface area contributed by atoms with Crippen molar-refractivity contribution in [2.45, 2.75) is 33.1 Å². The average Bonchev–Trinajstić information content (AvgIpc) is 2.57. The van der Waals surface area contributed by atoms with Crippen LogP contribution < -0.4 is 20.1 Å². The molecule has 6 nitrogen and oxygen atoms in total. The van der Waals surface area contributed by atoms with Gasteiger partial charge >= 0.3 is 0 Å². The average molecular weight is 322 g/mol. The molecule has 1 rings (SSSR count). The Morgan fingerprint density at radius 2 is 1.74 bits per heavy atom. The van der Waals surface area contributed by atoms with Gasteiger partial charge in [0.25, 0.3) is 0 Å². The number of aryl methyl sites for hydroxylation is 1. The molecule has 0 saturated carbocycles. The van der Waals surface area contributed by atoms with E-state index in [2.05, 4.69) is 10.6 Å². The summed E-state index contributed by atoms with van der Waals surface area (Å²) in [5.41, 5.74) is 1.01. The van der Waals surface area contributed by atoms with Gasteiger partial charge < -0.3 is 20.1 Å². The fraction of sp³-hybridized carbons (Fsp3) is 0.529. The number of ether oxygens (including phenoxy) is 2. The lowest BCUT2D eigenvalue weighted by molar-refractivity contribution is -0.122. The molecule has 128 valence electrons. The molecule has 2 N–H and O–H groups in total. The number of rotatable bonds is 10. The van der Waals surface area contributed by atoms with Crippen molar-refractivity contribution < 1.29 is 19.1 Å². The smallest absolute Gasteiger partial charge is 0.220 e. The molecule has 0 fully saturated rings. The molecule has 23 heavy (non-hydrogen) atoms. The number of methoxy groups -OCH3 is 1. The van der Waals surface area contributed by atoms with Crippen LogP contribution in [0.1, 0.15) is 32.3 Å². The largest absolute Gasteiger partial charge is 0.493 e. The Labute approximate surface area is 137 Å². The minimum Gasteiger partial charge on any atom is -0.493 e. The van der Waals surface area contributed by atoms with E-state index in [4.69, 9.17) is 9.47 Å². The molecule has 0 unspecified atom stereocenters. The molecular formula is C17H26N2O4. The number of hydrogen-bond donors (Lipinski definition) is 2. The van der Waals surface area contributed by atoms with Gasteiger partial charge in [0.1, 0.15) is 0 Å². The normalized spacial score (nSPS) is 10.0. The lowest BCUT2D eigenvalue weighted by Gasteiger charge is -2.11. The third-order valence-corrected chi connectivity index (χ3v) is 3.26. The maximum atomic E-state index is 11.8. The molecule has 0 atom stereocenters. The first-order chi connectivity index (χ1) is 11.1. The van der Waals surface area contributed by atoms with Crippen LogP contribution in [-0.4, -0.2) is 38.6 Å². The van der Waals surface area contributed by atoms with Crippen LogP contribution in [0.2, 0.25) is 0 Å². The van der Waals surface area contributed by atoms with Gasteiger partial charge in [-0.2, -0.15) is 0 Å². The second kappa shape index (κ2) is 10.5. The summed E-state index contributed by atoms with van der Waals surface area (Å²) in [5.74, 6) is 1.33. The second-order valence-electron chi connectivity index (χ2n) is 4.97. The first-order valence-electron chi connectivity index (χ1n) is 7.93. The van der Waals surface area contributed by atoms with Crippen LogP contribution in [0, 0.1) is 0 Å². The Hall–Kier alpha value is -2.24. The van der Waals surface area contributed by atoms with E-state index in [1.807, 2.05) is 25.1 Å². The molecule has 0 spiro atoms. The number of carbonyl (C=O) groups is 2. The molecule has 0 aliphatic rings. The number of benzene rings is 1. The number of hydrogen-bond acceptors (Lipinski definition) is 4. The maximum absolute atomic E-state index is 11.8. The van der Waals surface area contributed by atoms with Crippen molar-refractivity contribution >= 4 is 11.8 Å². The van der Waals surface area contributed by atoms with Crippen molar-refractivity contribution in [3.63, 3.8) is 0 Å². The van der Waals surface area contributed by atoms with Gasteiger partial charge in [-0.1, -0.05) is 13.0 Å². The van der Waals surface area contributed by atoms with Crippen LogP contribution in [0.15, 0.2) is 18.2 Å². The van der Waals surface area contributed by atoms with Crippen LogP contribution in [0.25, 0.3) is 0 Å². The van der Waals surface area contributed by atoms with E-state index >= 15 is 0 Å². The summed E-state index contributed by atoms with van der Waals surface area (Å²) >= 11 is 0. The molecule has 0 heterocycles. The summed E-state index contributed by atoms with van der Waals surface area (Å²) in [6.45, 7) is 5.18. The molecule has 1 aromatic rings. The Balaban J connectivity index is 2.36. The highest BCUT2D eigenvalue weighted by Crippen LogP contribution is 2.28. The molecule has 0 saturated heterocycles. The van der Waals surface area contributed by atoms with Crippen LogP contribution in [0.4, 0.5) is 0 Å². The van der Waals surface area contributed by atoms with Crippen molar-refractivity contribution in [3.05, 3.63) is 23.8 Å². The van der Waals surface area contributed by atoms with Crippen LogP contribution in [0.5, 0.6) is 11.5 Å². The summed E-state index contributed by atoms with van der Waals surface area (Å²) in [4.78, 5) is 22.8. The second-order valence-corrected chi connectivity index (χ2v) is 4.97. The van der Waals surface area contributed by atoms with Gasteiger partial charge in [0.2, 0.25) is 11.8 Å². The van der Waals surface area contributed by atoms with Gasteiger partial charge in [-0.3, -0.25) is 9.59 Å². The van der Waals surface area contributed by atoms with Crippen molar-refractivity contribution in [2.75, 3.05) is 26.8 Å². The zero-order valence-electron chi connectivity index (χ0n) is 14.1. The van der Waals surface area contributed by atoms with Gasteiger partial charge in [-0.15, -0.1) is 0 Å². The highest BCUT2D eigenvalue weighted by molar-refractivity contribution is 5.77. The Morgan fingerprint density at radius 3 is 2.35 bits per heavy atom. The Morgan fingerprint density at radius 1 is 1.04 bits per heavy atom. The van der Waals surface area contributed by atoms with Gasteiger partial charge in [0.05, 0.1) is 13.7 Å². The molecule has 1 aromatic carbocycles. The zero-order valence-corrected chi connectivity index (χ0v) is 14.1. The predicted octanol–water partition coefficient (Wildman–Crippen LogP) is 1.67. The molecule has 0 aliphatic heterocycles. The topological polar surface area (TPSA) is 76.7 Å². The molecule has 0 bridgehead atoms. The SMILES string of the molecule is CCOc1ccc(CCC(=O)NCCNC(=O)CC)cc1OC. The molecular weight excluding hydrogens is 296 g/mol. The van der Waals surface area contributed by atoms with Crippen LogP contribution >= 0.6 is 0 Å². The fourth-order valence-corrected chi connectivity index (χ4v) is 2.02. The molecule has 0 radical (unpaired) electrons. The fourth-order valence-electron chi connectivity index (χ4n) is 2.02. The number of nitrogens with one attached hydrogen (secondary N) is 2. The van der Waals surface area contributed by atoms with Crippen LogP contribution in [-0.2, 0) is 16.0 Å². The van der Waals surface area contributed by atoms with E-state index in [0.717, 1.165) is 5.56 Å². The van der Waals surface area contributed by atoms with Gasteiger partial charge in [0.15, 0.2) is 11.5 Å². The van der Waals surface area contributed by atoms with Crippen LogP contribution in [0.3, 0.4) is 0 Å². The molecule has 0 aromatic heterocycles. The summed E-state index contributed by atoms with van der Waals surface area (Å²) in [7, 11) is 1.60. The van der Waals surface area contributed by atoms with E-state index in [-0.39, 0.29) is 11.8 Å². The predicted molar refractivity (Wildman–Crippen MR) is 88.8 cm³/mol. The van der Waals surface area contributed by atoms with Crippen molar-refractivity contribution in [1.82, 2.24) is 10.6 Å². The zero-order chi connectivity index (χ0) is 17.1. The summed E-state index contributed by atoms with van der Waals surface area (Å²) in [6.07, 6.45) is 1.46. The van der Waals surface area contributed by atoms with E-state index in [1.165, 1.54) is 0 Å². The summed E-state index contributed by atoms with van der Waals surface area (Å²) < 4.78 is 10.8. The molecule has 6 heteroatoms. The maximum Gasteiger partial charge on any atom is 0.220 e. The molecule has 2 amide bonds. The Kier molecular flexibility index (Phi) is 8.57. The van der Waals surface area contributed by atoms with E-state index in [1.54, 1.807) is 14.0 Å². The van der Waals surface area contributed by atoms with Crippen molar-refractivity contribution in [2.24, 2.45) is 0 Å². The first-order valence-corrected chi connectivity index (χ1v) is 7.93. The quantitative estimate of drug-likeness (QED) is 0.643. The summed E-state index contributed by atoms with van der Waals surface area (Å²) in [6, 6.07) is 5.68. The van der Waals surface area contributed by atoms with Gasteiger partial charge in [0, 0.05) is 25.9 Å². The third kappa shape index (κ3) is 7.04. The monoisotopic (exact) mass is 322 g/mol. The van der Waals surface area contributed by atoms with Crippen molar-refractivity contribution in [3.8, 4) is 11.5 Å². The van der Waals surface area contributed by atoms with E-state index in [0.29, 0.717) is 50.5 Å².